The predicted octanol–water partition coefficient (Wildman–Crippen LogP) is 0.677. The number of carbonyl (C=O) groups is 1. The van der Waals surface area contributed by atoms with Crippen LogP contribution in [0.4, 0.5) is 0 Å². The highest BCUT2D eigenvalue weighted by molar-refractivity contribution is 5.76. The summed E-state index contributed by atoms with van der Waals surface area (Å²) in [7, 11) is 0. The minimum Gasteiger partial charge on any atom is -0.394 e. The number of hydrogen-bond donors (Lipinski definition) is 2. The van der Waals surface area contributed by atoms with Gasteiger partial charge in [-0.25, -0.2) is 0 Å². The molecular weight excluding hydrogens is 166 g/mol. The van der Waals surface area contributed by atoms with Gasteiger partial charge in [-0.05, 0) is 19.8 Å². The molecule has 13 heavy (non-hydrogen) atoms. The van der Waals surface area contributed by atoms with Crippen LogP contribution in [0.2, 0.25) is 0 Å². The number of rotatable bonds is 6. The molecular formula is C10H17NO2. The maximum atomic E-state index is 11.1. The predicted molar refractivity (Wildman–Crippen MR) is 52.0 cm³/mol. The molecule has 0 aromatic heterocycles. The van der Waals surface area contributed by atoms with Gasteiger partial charge in [0.1, 0.15) is 0 Å². The van der Waals surface area contributed by atoms with Gasteiger partial charge in [0, 0.05) is 18.9 Å². The number of amides is 1. The van der Waals surface area contributed by atoms with Crippen molar-refractivity contribution in [1.29, 1.82) is 0 Å². The molecule has 0 saturated carbocycles. The molecule has 0 aromatic carbocycles. The van der Waals surface area contributed by atoms with Crippen LogP contribution in [-0.2, 0) is 4.79 Å². The smallest absolute Gasteiger partial charge is 0.220 e. The quantitative estimate of drug-likeness (QED) is 0.470. The summed E-state index contributed by atoms with van der Waals surface area (Å²) in [5.41, 5.74) is 0. The Morgan fingerprint density at radius 1 is 1.62 bits per heavy atom. The van der Waals surface area contributed by atoms with Crippen molar-refractivity contribution in [3.63, 3.8) is 0 Å². The van der Waals surface area contributed by atoms with Crippen LogP contribution in [0.15, 0.2) is 0 Å². The van der Waals surface area contributed by atoms with Crippen molar-refractivity contribution in [1.82, 2.24) is 5.32 Å². The Kier molecular flexibility index (Phi) is 7.04. The number of unbranched alkanes of at least 4 members (excludes halogenated alkanes) is 2. The van der Waals surface area contributed by atoms with E-state index in [9.17, 15) is 4.79 Å². The molecule has 3 heteroatoms. The van der Waals surface area contributed by atoms with E-state index in [1.54, 1.807) is 6.92 Å². The highest BCUT2D eigenvalue weighted by Crippen LogP contribution is 1.98. The Morgan fingerprint density at radius 3 is 2.85 bits per heavy atom. The van der Waals surface area contributed by atoms with Crippen LogP contribution in [-0.4, -0.2) is 23.7 Å². The average Bonchev–Trinajstić information content (AvgIpc) is 2.12. The lowest BCUT2D eigenvalue weighted by Crippen LogP contribution is -2.34. The van der Waals surface area contributed by atoms with Gasteiger partial charge in [0.25, 0.3) is 0 Å². The van der Waals surface area contributed by atoms with Crippen LogP contribution < -0.4 is 5.32 Å². The second kappa shape index (κ2) is 7.63. The lowest BCUT2D eigenvalue weighted by Gasteiger charge is -2.09. The summed E-state index contributed by atoms with van der Waals surface area (Å²) in [6.45, 7) is 1.75. The van der Waals surface area contributed by atoms with Crippen LogP contribution in [0.1, 0.15) is 32.6 Å². The van der Waals surface area contributed by atoms with Crippen molar-refractivity contribution in [2.75, 3.05) is 6.61 Å². The minimum atomic E-state index is -0.153. The first-order valence-corrected chi connectivity index (χ1v) is 4.54. The molecule has 0 fully saturated rings. The normalized spacial score (nSPS) is 11.8. The highest BCUT2D eigenvalue weighted by atomic mass is 16.3. The van der Waals surface area contributed by atoms with Gasteiger partial charge in [-0.3, -0.25) is 4.79 Å². The maximum absolute atomic E-state index is 11.1. The summed E-state index contributed by atoms with van der Waals surface area (Å²) in [5.74, 6) is 2.51. The molecule has 0 heterocycles. The van der Waals surface area contributed by atoms with E-state index in [0.717, 1.165) is 19.3 Å². The first kappa shape index (κ1) is 12.0. The second-order valence-corrected chi connectivity index (χ2v) is 3.06. The maximum Gasteiger partial charge on any atom is 0.220 e. The number of aliphatic hydroxyl groups is 1. The Labute approximate surface area is 79.5 Å². The van der Waals surface area contributed by atoms with Crippen molar-refractivity contribution < 1.29 is 9.90 Å². The van der Waals surface area contributed by atoms with Gasteiger partial charge in [0.15, 0.2) is 0 Å². The lowest BCUT2D eigenvalue weighted by molar-refractivity contribution is -0.122. The standard InChI is InChI=1S/C10H17NO2/c1-3-4-5-6-7-10(13)11-9(2)8-12/h1,9,12H,4-8H2,2H3,(H,11,13). The lowest BCUT2D eigenvalue weighted by atomic mass is 10.2. The fourth-order valence-electron chi connectivity index (χ4n) is 0.905. The summed E-state index contributed by atoms with van der Waals surface area (Å²) in [6.07, 6.45) is 7.98. The fraction of sp³-hybridized carbons (Fsp3) is 0.700. The van der Waals surface area contributed by atoms with E-state index in [1.165, 1.54) is 0 Å². The van der Waals surface area contributed by atoms with Gasteiger partial charge >= 0.3 is 0 Å². The summed E-state index contributed by atoms with van der Waals surface area (Å²) >= 11 is 0. The van der Waals surface area contributed by atoms with E-state index in [4.69, 9.17) is 11.5 Å². The van der Waals surface area contributed by atoms with E-state index >= 15 is 0 Å². The Hall–Kier alpha value is -1.01. The van der Waals surface area contributed by atoms with Gasteiger partial charge in [0.05, 0.1) is 6.61 Å². The average molecular weight is 183 g/mol. The number of nitrogens with one attached hydrogen (secondary N) is 1. The van der Waals surface area contributed by atoms with Crippen LogP contribution >= 0.6 is 0 Å². The zero-order valence-electron chi connectivity index (χ0n) is 8.05. The van der Waals surface area contributed by atoms with E-state index in [0.29, 0.717) is 6.42 Å². The molecule has 3 nitrogen and oxygen atoms in total. The summed E-state index contributed by atoms with van der Waals surface area (Å²) in [5, 5.41) is 11.3. The van der Waals surface area contributed by atoms with Crippen LogP contribution in [0.25, 0.3) is 0 Å². The Morgan fingerprint density at radius 2 is 2.31 bits per heavy atom. The van der Waals surface area contributed by atoms with Gasteiger partial charge < -0.3 is 10.4 Å². The van der Waals surface area contributed by atoms with Crippen LogP contribution in [0.5, 0.6) is 0 Å². The zero-order chi connectivity index (χ0) is 10.1. The molecule has 0 aromatic rings. The SMILES string of the molecule is C#CCCCCC(=O)NC(C)CO. The van der Waals surface area contributed by atoms with Crippen molar-refractivity contribution in [2.45, 2.75) is 38.6 Å². The Bertz CT molecular complexity index is 184. The van der Waals surface area contributed by atoms with Gasteiger partial charge in [-0.15, -0.1) is 12.3 Å². The summed E-state index contributed by atoms with van der Waals surface area (Å²) in [4.78, 5) is 11.1. The molecule has 0 radical (unpaired) electrons. The summed E-state index contributed by atoms with van der Waals surface area (Å²) < 4.78 is 0. The molecule has 0 aliphatic rings. The first-order valence-electron chi connectivity index (χ1n) is 4.54. The van der Waals surface area contributed by atoms with E-state index < -0.39 is 0 Å². The molecule has 0 spiro atoms. The molecule has 0 rings (SSSR count). The number of terminal acetylenes is 1. The Balaban J connectivity index is 3.36. The number of aliphatic hydroxyl groups excluding tert-OH is 1. The number of carbonyl (C=O) groups excluding carboxylic acids is 1. The third kappa shape index (κ3) is 7.35. The van der Waals surface area contributed by atoms with Gasteiger partial charge in [0.2, 0.25) is 5.91 Å². The van der Waals surface area contributed by atoms with Crippen molar-refractivity contribution in [2.24, 2.45) is 0 Å². The molecule has 0 saturated heterocycles. The largest absolute Gasteiger partial charge is 0.394 e. The molecule has 2 N–H and O–H groups in total. The van der Waals surface area contributed by atoms with Crippen molar-refractivity contribution in [3.8, 4) is 12.3 Å². The molecule has 74 valence electrons. The molecule has 0 aliphatic heterocycles. The monoisotopic (exact) mass is 183 g/mol. The zero-order valence-corrected chi connectivity index (χ0v) is 8.05. The molecule has 0 aliphatic carbocycles. The first-order chi connectivity index (χ1) is 6.20. The van der Waals surface area contributed by atoms with Gasteiger partial charge in [-0.1, -0.05) is 0 Å². The van der Waals surface area contributed by atoms with Gasteiger partial charge in [-0.2, -0.15) is 0 Å². The number of hydrogen-bond acceptors (Lipinski definition) is 2. The molecule has 1 atom stereocenters. The second-order valence-electron chi connectivity index (χ2n) is 3.06. The van der Waals surface area contributed by atoms with E-state index in [1.807, 2.05) is 0 Å². The van der Waals surface area contributed by atoms with Crippen molar-refractivity contribution >= 4 is 5.91 Å². The topological polar surface area (TPSA) is 49.3 Å². The third-order valence-electron chi connectivity index (χ3n) is 1.66. The third-order valence-corrected chi connectivity index (χ3v) is 1.66. The summed E-state index contributed by atoms with van der Waals surface area (Å²) in [6, 6.07) is -0.153. The van der Waals surface area contributed by atoms with Crippen LogP contribution in [0.3, 0.4) is 0 Å². The molecule has 0 bridgehead atoms. The fourth-order valence-corrected chi connectivity index (χ4v) is 0.905. The molecule has 1 unspecified atom stereocenters. The van der Waals surface area contributed by atoms with Crippen LogP contribution in [0, 0.1) is 12.3 Å². The van der Waals surface area contributed by atoms with E-state index in [2.05, 4.69) is 11.2 Å². The molecule has 1 amide bonds. The highest BCUT2D eigenvalue weighted by Gasteiger charge is 2.04. The van der Waals surface area contributed by atoms with E-state index in [-0.39, 0.29) is 18.6 Å². The minimum absolute atomic E-state index is 0.0152. The van der Waals surface area contributed by atoms with Crippen molar-refractivity contribution in [3.05, 3.63) is 0 Å².